The summed E-state index contributed by atoms with van der Waals surface area (Å²) in [4.78, 5) is 25.6. The Morgan fingerprint density at radius 2 is 1.94 bits per heavy atom. The van der Waals surface area contributed by atoms with Crippen molar-refractivity contribution in [2.45, 2.75) is 27.3 Å². The minimum atomic E-state index is -0.197. The lowest BCUT2D eigenvalue weighted by molar-refractivity contribution is 0.101. The van der Waals surface area contributed by atoms with Gasteiger partial charge in [0, 0.05) is 35.9 Å². The maximum atomic E-state index is 12.8. The van der Waals surface area contributed by atoms with Crippen LogP contribution in [0.1, 0.15) is 28.7 Å². The number of hydrogen-bond acceptors (Lipinski definition) is 6. The van der Waals surface area contributed by atoms with Crippen LogP contribution in [0.15, 0.2) is 61.2 Å². The van der Waals surface area contributed by atoms with Crippen molar-refractivity contribution in [3.63, 3.8) is 0 Å². The number of hydrogen-bond donors (Lipinski definition) is 2. The molecule has 156 valence electrons. The molecule has 0 unspecified atom stereocenters. The maximum absolute atomic E-state index is 12.8. The lowest BCUT2D eigenvalue weighted by Crippen LogP contribution is -2.17. The normalized spacial score (nSPS) is 10.7. The maximum Gasteiger partial charge on any atom is 0.273 e. The molecule has 31 heavy (non-hydrogen) atoms. The topological polar surface area (TPSA) is 97.6 Å². The molecule has 0 aliphatic carbocycles. The number of nitrogens with zero attached hydrogens (tertiary/aromatic N) is 5. The quantitative estimate of drug-likeness (QED) is 0.487. The van der Waals surface area contributed by atoms with E-state index in [2.05, 4.69) is 30.7 Å². The molecule has 0 radical (unpaired) electrons. The van der Waals surface area contributed by atoms with Gasteiger partial charge in [-0.1, -0.05) is 6.07 Å². The fourth-order valence-electron chi connectivity index (χ4n) is 3.29. The highest BCUT2D eigenvalue weighted by Gasteiger charge is 2.14. The summed E-state index contributed by atoms with van der Waals surface area (Å²) in [5.41, 5.74) is 5.52. The van der Waals surface area contributed by atoms with Gasteiger partial charge in [0.25, 0.3) is 5.91 Å². The molecule has 0 fully saturated rings. The third kappa shape index (κ3) is 4.42. The van der Waals surface area contributed by atoms with Gasteiger partial charge in [-0.2, -0.15) is 5.10 Å². The number of benzene rings is 1. The smallest absolute Gasteiger partial charge is 0.273 e. The third-order valence-electron chi connectivity index (χ3n) is 4.85. The second-order valence-corrected chi connectivity index (χ2v) is 7.09. The van der Waals surface area contributed by atoms with Crippen molar-refractivity contribution in [3.05, 3.63) is 78.1 Å². The van der Waals surface area contributed by atoms with Gasteiger partial charge < -0.3 is 10.6 Å². The summed E-state index contributed by atoms with van der Waals surface area (Å²) < 4.78 is 1.69. The van der Waals surface area contributed by atoms with E-state index in [1.807, 2.05) is 57.2 Å². The molecule has 8 nitrogen and oxygen atoms in total. The molecule has 0 aliphatic heterocycles. The van der Waals surface area contributed by atoms with E-state index in [0.717, 1.165) is 28.2 Å². The molecule has 4 aromatic rings. The largest absolute Gasteiger partial charge is 0.339 e. The number of aryl methyl sites for hydroxylation is 3. The number of pyridine rings is 1. The fourth-order valence-corrected chi connectivity index (χ4v) is 3.29. The van der Waals surface area contributed by atoms with Crippen molar-refractivity contribution in [3.8, 4) is 11.3 Å². The molecular weight excluding hydrogens is 390 g/mol. The standard InChI is InChI=1S/C23H23N7O/c1-4-30-21(12-16(3)29-30)23(31)27-17-8-7-15(2)20(13-17)28-22-18(6-5-10-25-22)19-9-11-24-14-26-19/h5-14H,4H2,1-3H3,(H,25,28)(H,27,31). The highest BCUT2D eigenvalue weighted by atomic mass is 16.2. The third-order valence-corrected chi connectivity index (χ3v) is 4.85. The van der Waals surface area contributed by atoms with Gasteiger partial charge in [0.15, 0.2) is 0 Å². The molecule has 1 aromatic carbocycles. The van der Waals surface area contributed by atoms with Crippen molar-refractivity contribution in [1.82, 2.24) is 24.7 Å². The van der Waals surface area contributed by atoms with Gasteiger partial charge in [0.2, 0.25) is 0 Å². The molecular formula is C23H23N7O. The van der Waals surface area contributed by atoms with E-state index in [9.17, 15) is 4.79 Å². The number of carbonyl (C=O) groups is 1. The zero-order valence-electron chi connectivity index (χ0n) is 17.6. The van der Waals surface area contributed by atoms with Crippen LogP contribution in [-0.4, -0.2) is 30.6 Å². The SMILES string of the molecule is CCn1nc(C)cc1C(=O)Nc1ccc(C)c(Nc2ncccc2-c2ccncn2)c1. The average molecular weight is 413 g/mol. The molecule has 0 atom stereocenters. The highest BCUT2D eigenvalue weighted by molar-refractivity contribution is 6.03. The van der Waals surface area contributed by atoms with E-state index in [1.54, 1.807) is 23.1 Å². The van der Waals surface area contributed by atoms with Crippen molar-refractivity contribution >= 4 is 23.1 Å². The minimum Gasteiger partial charge on any atom is -0.339 e. The van der Waals surface area contributed by atoms with Crippen LogP contribution in [0.2, 0.25) is 0 Å². The molecule has 0 saturated heterocycles. The summed E-state index contributed by atoms with van der Waals surface area (Å²) in [6.07, 6.45) is 4.93. The average Bonchev–Trinajstić information content (AvgIpc) is 3.18. The highest BCUT2D eigenvalue weighted by Crippen LogP contribution is 2.29. The van der Waals surface area contributed by atoms with Crippen molar-refractivity contribution in [2.24, 2.45) is 0 Å². The van der Waals surface area contributed by atoms with E-state index >= 15 is 0 Å². The fraction of sp³-hybridized carbons (Fsp3) is 0.174. The van der Waals surface area contributed by atoms with Crippen LogP contribution < -0.4 is 10.6 Å². The molecule has 8 heteroatoms. The number of aromatic nitrogens is 5. The Morgan fingerprint density at radius 3 is 2.71 bits per heavy atom. The molecule has 0 bridgehead atoms. The molecule has 0 aliphatic rings. The van der Waals surface area contributed by atoms with Crippen LogP contribution >= 0.6 is 0 Å². The molecule has 1 amide bonds. The van der Waals surface area contributed by atoms with Gasteiger partial charge >= 0.3 is 0 Å². The van der Waals surface area contributed by atoms with E-state index in [-0.39, 0.29) is 5.91 Å². The van der Waals surface area contributed by atoms with Gasteiger partial charge in [-0.3, -0.25) is 9.48 Å². The zero-order chi connectivity index (χ0) is 21.8. The predicted molar refractivity (Wildman–Crippen MR) is 120 cm³/mol. The van der Waals surface area contributed by atoms with E-state index in [1.165, 1.54) is 6.33 Å². The van der Waals surface area contributed by atoms with Gasteiger partial charge in [-0.05, 0) is 62.7 Å². The number of anilines is 3. The Balaban J connectivity index is 1.60. The Kier molecular flexibility index (Phi) is 5.70. The summed E-state index contributed by atoms with van der Waals surface area (Å²) in [6, 6.07) is 13.2. The molecule has 2 N–H and O–H groups in total. The lowest BCUT2D eigenvalue weighted by atomic mass is 10.1. The summed E-state index contributed by atoms with van der Waals surface area (Å²) in [6.45, 7) is 6.46. The van der Waals surface area contributed by atoms with Crippen molar-refractivity contribution < 1.29 is 4.79 Å². The Labute approximate surface area is 180 Å². The van der Waals surface area contributed by atoms with Crippen molar-refractivity contribution in [2.75, 3.05) is 10.6 Å². The zero-order valence-corrected chi connectivity index (χ0v) is 17.6. The van der Waals surface area contributed by atoms with Crippen LogP contribution in [0, 0.1) is 13.8 Å². The first-order chi connectivity index (χ1) is 15.0. The predicted octanol–water partition coefficient (Wildman–Crippen LogP) is 4.37. The first kappa shape index (κ1) is 20.2. The van der Waals surface area contributed by atoms with Gasteiger partial charge in [-0.25, -0.2) is 15.0 Å². The van der Waals surface area contributed by atoms with E-state index in [4.69, 9.17) is 0 Å². The Bertz CT molecular complexity index is 1220. The Morgan fingerprint density at radius 1 is 1.06 bits per heavy atom. The van der Waals surface area contributed by atoms with Crippen molar-refractivity contribution in [1.29, 1.82) is 0 Å². The number of rotatable bonds is 6. The summed E-state index contributed by atoms with van der Waals surface area (Å²) in [7, 11) is 0. The Hall–Kier alpha value is -4.07. The second-order valence-electron chi connectivity index (χ2n) is 7.09. The number of carbonyl (C=O) groups excluding carboxylic acids is 1. The van der Waals surface area contributed by atoms with Crippen LogP contribution in [0.5, 0.6) is 0 Å². The van der Waals surface area contributed by atoms with Crippen LogP contribution in [0.25, 0.3) is 11.3 Å². The monoisotopic (exact) mass is 413 g/mol. The number of amides is 1. The summed E-state index contributed by atoms with van der Waals surface area (Å²) >= 11 is 0. The number of nitrogens with one attached hydrogen (secondary N) is 2. The lowest BCUT2D eigenvalue weighted by Gasteiger charge is -2.14. The van der Waals surface area contributed by atoms with Crippen LogP contribution in [0.4, 0.5) is 17.2 Å². The molecule has 0 spiro atoms. The molecule has 3 heterocycles. The van der Waals surface area contributed by atoms with Gasteiger partial charge in [0.1, 0.15) is 17.8 Å². The van der Waals surface area contributed by atoms with Gasteiger partial charge in [0.05, 0.1) is 11.4 Å². The van der Waals surface area contributed by atoms with Gasteiger partial charge in [-0.15, -0.1) is 0 Å². The second kappa shape index (κ2) is 8.74. The van der Waals surface area contributed by atoms with E-state index < -0.39 is 0 Å². The summed E-state index contributed by atoms with van der Waals surface area (Å²) in [5.74, 6) is 0.476. The first-order valence-electron chi connectivity index (χ1n) is 10.00. The summed E-state index contributed by atoms with van der Waals surface area (Å²) in [5, 5.41) is 10.7. The van der Waals surface area contributed by atoms with E-state index in [0.29, 0.717) is 23.7 Å². The van der Waals surface area contributed by atoms with Crippen LogP contribution in [0.3, 0.4) is 0 Å². The first-order valence-corrected chi connectivity index (χ1v) is 10.00. The van der Waals surface area contributed by atoms with Crippen LogP contribution in [-0.2, 0) is 6.54 Å². The minimum absolute atomic E-state index is 0.197. The molecule has 3 aromatic heterocycles. The molecule has 0 saturated carbocycles. The molecule has 4 rings (SSSR count).